The molecule has 2 saturated heterocycles. The molecule has 1 aromatic rings. The number of carbonyl (C=O) groups is 4. The maximum absolute atomic E-state index is 14.5. The van der Waals surface area contributed by atoms with E-state index in [0.29, 0.717) is 57.1 Å². The third-order valence-corrected chi connectivity index (χ3v) is 14.3. The molecule has 1 saturated carbocycles. The molecule has 4 aliphatic rings. The van der Waals surface area contributed by atoms with Gasteiger partial charge in [-0.2, -0.15) is 0 Å². The molecule has 1 aliphatic carbocycles. The van der Waals surface area contributed by atoms with Gasteiger partial charge >= 0.3 is 5.97 Å². The van der Waals surface area contributed by atoms with E-state index in [1.807, 2.05) is 57.2 Å². The van der Waals surface area contributed by atoms with Gasteiger partial charge in [-0.25, -0.2) is 4.79 Å². The van der Waals surface area contributed by atoms with Crippen molar-refractivity contribution < 1.29 is 58.2 Å². The van der Waals surface area contributed by atoms with E-state index >= 15 is 0 Å². The Kier molecular flexibility index (Phi) is 19.1. The number of amides is 1. The van der Waals surface area contributed by atoms with Crippen LogP contribution in [0.25, 0.3) is 6.08 Å². The van der Waals surface area contributed by atoms with E-state index in [4.69, 9.17) is 29.4 Å². The summed E-state index contributed by atoms with van der Waals surface area (Å²) in [6.45, 7) is 11.6. The highest BCUT2D eigenvalue weighted by molar-refractivity contribution is 6.39. The number of benzene rings is 1. The van der Waals surface area contributed by atoms with Gasteiger partial charge in [0.2, 0.25) is 5.79 Å². The molecule has 3 heterocycles. The highest BCUT2D eigenvalue weighted by Gasteiger charge is 2.56. The van der Waals surface area contributed by atoms with Gasteiger partial charge in [0.1, 0.15) is 29.8 Å². The van der Waals surface area contributed by atoms with Crippen LogP contribution in [0.3, 0.4) is 0 Å². The fourth-order valence-corrected chi connectivity index (χ4v) is 10.3. The lowest BCUT2D eigenvalue weighted by Gasteiger charge is -2.47. The predicted octanol–water partition coefficient (Wildman–Crippen LogP) is 6.23. The predicted molar refractivity (Wildman–Crippen MR) is 246 cm³/mol. The summed E-state index contributed by atoms with van der Waals surface area (Å²) in [6.07, 6.45) is 8.43. The molecule has 5 N–H and O–H groups in total. The Balaban J connectivity index is 1.46. The van der Waals surface area contributed by atoms with Crippen molar-refractivity contribution in [2.45, 2.75) is 167 Å². The Morgan fingerprint density at radius 3 is 2.32 bits per heavy atom. The van der Waals surface area contributed by atoms with E-state index in [2.05, 4.69) is 6.92 Å². The Morgan fingerprint density at radius 2 is 1.65 bits per heavy atom. The number of piperidine rings is 1. The van der Waals surface area contributed by atoms with E-state index in [-0.39, 0.29) is 61.3 Å². The number of fused-ring (bicyclic) bond motifs is 3. The van der Waals surface area contributed by atoms with Gasteiger partial charge in [-0.3, -0.25) is 14.4 Å². The molecule has 14 nitrogen and oxygen atoms in total. The SMILES string of the molecule is CCC1C=C(C)CC(C)CC(OC)C2OC(O)(C(=O)C(=O)N3CCCCC3C(=O)OC(C(C)=CC3CCC(N)C(OCC=Cc4ccc(O)cc4)C3)C(C)C(O)CC1=O)C(C)CC2OC. The van der Waals surface area contributed by atoms with Crippen LogP contribution in [0.2, 0.25) is 0 Å². The number of aromatic hydroxyl groups is 1. The molecule has 3 aliphatic heterocycles. The van der Waals surface area contributed by atoms with Crippen LogP contribution in [0.5, 0.6) is 5.75 Å². The van der Waals surface area contributed by atoms with E-state index in [9.17, 15) is 34.5 Å². The molecule has 362 valence electrons. The number of aliphatic hydroxyl groups is 2. The zero-order chi connectivity index (χ0) is 47.6. The summed E-state index contributed by atoms with van der Waals surface area (Å²) in [6, 6.07) is 5.54. The quantitative estimate of drug-likeness (QED) is 0.124. The molecule has 0 aromatic heterocycles. The minimum absolute atomic E-state index is 0.00137. The van der Waals surface area contributed by atoms with Crippen molar-refractivity contribution in [2.75, 3.05) is 27.4 Å². The van der Waals surface area contributed by atoms with Crippen LogP contribution < -0.4 is 5.73 Å². The maximum atomic E-state index is 14.5. The molecule has 0 spiro atoms. The van der Waals surface area contributed by atoms with Crippen molar-refractivity contribution in [3.8, 4) is 5.75 Å². The lowest BCUT2D eigenvalue weighted by Crippen LogP contribution is -2.64. The van der Waals surface area contributed by atoms with Crippen LogP contribution in [0.4, 0.5) is 0 Å². The number of esters is 1. The highest BCUT2D eigenvalue weighted by atomic mass is 16.7. The second-order valence-electron chi connectivity index (χ2n) is 19.3. The third-order valence-electron chi connectivity index (χ3n) is 14.3. The van der Waals surface area contributed by atoms with Gasteiger partial charge in [0, 0.05) is 51.0 Å². The summed E-state index contributed by atoms with van der Waals surface area (Å²) in [5.41, 5.74) is 9.13. The van der Waals surface area contributed by atoms with Gasteiger partial charge in [0.15, 0.2) is 0 Å². The number of Topliss-reactive ketones (excluding diaryl/α,β-unsaturated/α-hetero) is 2. The molecule has 3 fully saturated rings. The Hall–Kier alpha value is -3.76. The number of methoxy groups -OCH3 is 2. The van der Waals surface area contributed by atoms with Crippen LogP contribution in [-0.2, 0) is 42.9 Å². The molecule has 14 unspecified atom stereocenters. The van der Waals surface area contributed by atoms with Crippen molar-refractivity contribution >= 4 is 29.5 Å². The molecule has 1 aromatic carbocycles. The minimum Gasteiger partial charge on any atom is -0.508 e. The van der Waals surface area contributed by atoms with Crippen LogP contribution in [0.15, 0.2) is 53.6 Å². The summed E-state index contributed by atoms with van der Waals surface area (Å²) in [4.78, 5) is 58.3. The van der Waals surface area contributed by atoms with Gasteiger partial charge < -0.3 is 49.6 Å². The molecule has 0 radical (unpaired) electrons. The molecule has 65 heavy (non-hydrogen) atoms. The van der Waals surface area contributed by atoms with Gasteiger partial charge in [-0.05, 0) is 113 Å². The molecular weight excluding hydrogens is 833 g/mol. The Bertz CT molecular complexity index is 1860. The molecular formula is C51H76N2O12. The molecule has 2 bridgehead atoms. The first-order valence-corrected chi connectivity index (χ1v) is 23.8. The van der Waals surface area contributed by atoms with Gasteiger partial charge in [0.05, 0.1) is 31.0 Å². The maximum Gasteiger partial charge on any atom is 0.329 e. The lowest BCUT2D eigenvalue weighted by molar-refractivity contribution is -0.302. The average molecular weight is 909 g/mol. The number of nitrogens with two attached hydrogens (primary N) is 1. The summed E-state index contributed by atoms with van der Waals surface area (Å²) in [7, 11) is 3.07. The van der Waals surface area contributed by atoms with Crippen LogP contribution in [0, 0.1) is 29.6 Å². The number of phenols is 1. The first-order valence-electron chi connectivity index (χ1n) is 23.8. The smallest absolute Gasteiger partial charge is 0.329 e. The summed E-state index contributed by atoms with van der Waals surface area (Å²) in [5.74, 6) is -7.38. The zero-order valence-electron chi connectivity index (χ0n) is 39.9. The van der Waals surface area contributed by atoms with Crippen molar-refractivity contribution in [1.82, 2.24) is 4.90 Å². The van der Waals surface area contributed by atoms with Crippen molar-refractivity contribution in [2.24, 2.45) is 35.3 Å². The number of rotatable bonds is 9. The Labute approximate surface area is 385 Å². The fourth-order valence-electron chi connectivity index (χ4n) is 10.3. The normalized spacial score (nSPS) is 36.7. The Morgan fingerprint density at radius 1 is 0.954 bits per heavy atom. The monoisotopic (exact) mass is 909 g/mol. The number of phenolic OH excluding ortho intramolecular Hbond substituents is 1. The second kappa shape index (κ2) is 23.8. The summed E-state index contributed by atoms with van der Waals surface area (Å²) in [5, 5.41) is 33.5. The first kappa shape index (κ1) is 52.2. The molecule has 14 heteroatoms. The zero-order valence-corrected chi connectivity index (χ0v) is 39.9. The fraction of sp³-hybridized carbons (Fsp3) is 0.686. The summed E-state index contributed by atoms with van der Waals surface area (Å²) >= 11 is 0. The largest absolute Gasteiger partial charge is 0.508 e. The second-order valence-corrected chi connectivity index (χ2v) is 19.3. The minimum atomic E-state index is -2.51. The number of allylic oxidation sites excluding steroid dienone is 3. The van der Waals surface area contributed by atoms with E-state index in [1.165, 1.54) is 19.1 Å². The van der Waals surface area contributed by atoms with E-state index in [0.717, 1.165) is 17.6 Å². The number of aliphatic hydroxyl groups excluding tert-OH is 1. The van der Waals surface area contributed by atoms with Crippen molar-refractivity contribution in [3.63, 3.8) is 0 Å². The van der Waals surface area contributed by atoms with Gasteiger partial charge in [0.25, 0.3) is 11.7 Å². The van der Waals surface area contributed by atoms with E-state index in [1.54, 1.807) is 26.0 Å². The number of cyclic esters (lactones) is 1. The van der Waals surface area contributed by atoms with Crippen molar-refractivity contribution in [1.29, 1.82) is 0 Å². The average Bonchev–Trinajstić information content (AvgIpc) is 3.28. The number of carbonyl (C=O) groups excluding carboxylic acids is 4. The molecule has 1 amide bonds. The van der Waals surface area contributed by atoms with Crippen LogP contribution in [-0.4, -0.2) is 126 Å². The molecule has 14 atom stereocenters. The highest BCUT2D eigenvalue weighted by Crippen LogP contribution is 2.39. The van der Waals surface area contributed by atoms with Crippen molar-refractivity contribution in [3.05, 3.63) is 59.2 Å². The number of nitrogens with zero attached hydrogens (tertiary/aromatic N) is 1. The van der Waals surface area contributed by atoms with Crippen LogP contribution in [0.1, 0.15) is 118 Å². The van der Waals surface area contributed by atoms with Gasteiger partial charge in [-0.15, -0.1) is 0 Å². The lowest BCUT2D eigenvalue weighted by atomic mass is 9.81. The standard InChI is InChI=1S/C51H76N2O12/c1-9-37-24-30(2)23-31(3)25-44(61-7)47-45(62-8)27-33(5)51(60,65-47)48(57)49(58)53-21-11-10-14-40(53)50(59)64-46(34(6)41(55)29-42(37)56)32(4)26-36-17-20-39(52)43(28-36)63-22-12-13-35-15-18-38(54)19-16-35/h12-13,15-16,18-19,24,26,31,33-34,36-37,39-41,43-47,54-55,60H,9-11,14,17,20-23,25,27-29,52H2,1-8H3. The molecule has 5 rings (SSSR count). The van der Waals surface area contributed by atoms with Crippen LogP contribution >= 0.6 is 0 Å². The third kappa shape index (κ3) is 13.2. The number of ketones is 2. The topological polar surface area (TPSA) is 204 Å². The van der Waals surface area contributed by atoms with Gasteiger partial charge in [-0.1, -0.05) is 69.7 Å². The number of ether oxygens (including phenoxy) is 5. The van der Waals surface area contributed by atoms with E-state index < -0.39 is 77.8 Å². The first-order chi connectivity index (χ1) is 30.9. The number of hydrogen-bond donors (Lipinski definition) is 4. The number of hydrogen-bond acceptors (Lipinski definition) is 13. The summed E-state index contributed by atoms with van der Waals surface area (Å²) < 4.78 is 30.7.